The van der Waals surface area contributed by atoms with E-state index in [-0.39, 0.29) is 11.8 Å². The molecule has 1 atom stereocenters. The largest absolute Gasteiger partial charge is 0.378 e. The van der Waals surface area contributed by atoms with Crippen LogP contribution in [-0.4, -0.2) is 20.7 Å². The summed E-state index contributed by atoms with van der Waals surface area (Å²) in [6, 6.07) is 16.2. The maximum atomic E-state index is 12.1. The van der Waals surface area contributed by atoms with E-state index in [0.29, 0.717) is 13.0 Å². The maximum absolute atomic E-state index is 12.1. The number of aryl methyl sites for hydroxylation is 1. The quantitative estimate of drug-likeness (QED) is 0.930. The predicted molar refractivity (Wildman–Crippen MR) is 95.4 cm³/mol. The van der Waals surface area contributed by atoms with Crippen molar-refractivity contribution in [2.24, 2.45) is 0 Å². The number of benzene rings is 2. The molecular formula is C18H22N2O2S. The van der Waals surface area contributed by atoms with Crippen LogP contribution in [0, 0.1) is 6.92 Å². The van der Waals surface area contributed by atoms with Gasteiger partial charge in [-0.25, -0.2) is 8.42 Å². The Morgan fingerprint density at radius 2 is 1.91 bits per heavy atom. The van der Waals surface area contributed by atoms with Crippen LogP contribution in [0.3, 0.4) is 0 Å². The van der Waals surface area contributed by atoms with E-state index in [4.69, 9.17) is 0 Å². The summed E-state index contributed by atoms with van der Waals surface area (Å²) >= 11 is 0. The van der Waals surface area contributed by atoms with Crippen LogP contribution in [0.2, 0.25) is 0 Å². The number of anilines is 2. The molecule has 1 unspecified atom stereocenters. The molecule has 0 aliphatic carbocycles. The van der Waals surface area contributed by atoms with E-state index in [1.54, 1.807) is 0 Å². The summed E-state index contributed by atoms with van der Waals surface area (Å²) in [5.74, 6) is 0.240. The zero-order valence-corrected chi connectivity index (χ0v) is 14.3. The van der Waals surface area contributed by atoms with Crippen molar-refractivity contribution in [3.8, 4) is 0 Å². The number of hydrogen-bond acceptors (Lipinski definition) is 3. The zero-order valence-electron chi connectivity index (χ0n) is 13.5. The van der Waals surface area contributed by atoms with Crippen LogP contribution in [0.25, 0.3) is 0 Å². The van der Waals surface area contributed by atoms with E-state index < -0.39 is 10.0 Å². The van der Waals surface area contributed by atoms with Gasteiger partial charge < -0.3 is 5.32 Å². The lowest BCUT2D eigenvalue weighted by Crippen LogP contribution is -2.25. The lowest BCUT2D eigenvalue weighted by Gasteiger charge is -2.20. The second-order valence-corrected chi connectivity index (χ2v) is 8.09. The van der Waals surface area contributed by atoms with Gasteiger partial charge in [0.05, 0.1) is 11.4 Å². The summed E-state index contributed by atoms with van der Waals surface area (Å²) in [5, 5.41) is 3.46. The van der Waals surface area contributed by atoms with Crippen LogP contribution < -0.4 is 9.62 Å². The molecule has 1 aliphatic heterocycles. The number of nitrogens with zero attached hydrogens (tertiary/aromatic N) is 1. The van der Waals surface area contributed by atoms with Crippen molar-refractivity contribution in [2.45, 2.75) is 26.3 Å². The first-order valence-electron chi connectivity index (χ1n) is 7.89. The number of nitrogens with one attached hydrogen (secondary N) is 1. The van der Waals surface area contributed by atoms with Gasteiger partial charge in [-0.1, -0.05) is 35.9 Å². The third kappa shape index (κ3) is 3.50. The summed E-state index contributed by atoms with van der Waals surface area (Å²) < 4.78 is 25.6. The monoisotopic (exact) mass is 330 g/mol. The highest BCUT2D eigenvalue weighted by atomic mass is 32.2. The third-order valence-electron chi connectivity index (χ3n) is 4.16. The Morgan fingerprint density at radius 3 is 2.61 bits per heavy atom. The van der Waals surface area contributed by atoms with Gasteiger partial charge in [-0.05, 0) is 44.0 Å². The summed E-state index contributed by atoms with van der Waals surface area (Å²) in [4.78, 5) is 0. The normalized spacial score (nSPS) is 17.9. The molecule has 1 aliphatic rings. The molecule has 1 N–H and O–H groups in total. The zero-order chi connectivity index (χ0) is 16.4. The fraction of sp³-hybridized carbons (Fsp3) is 0.333. The highest BCUT2D eigenvalue weighted by molar-refractivity contribution is 7.93. The summed E-state index contributed by atoms with van der Waals surface area (Å²) in [7, 11) is -3.14. The number of sulfonamides is 1. The number of hydrogen-bond donors (Lipinski definition) is 1. The molecule has 1 heterocycles. The molecule has 3 rings (SSSR count). The molecule has 0 saturated carbocycles. The minimum absolute atomic E-state index is 0.153. The average molecular weight is 330 g/mol. The van der Waals surface area contributed by atoms with Crippen LogP contribution in [0.15, 0.2) is 48.5 Å². The molecule has 4 nitrogen and oxygen atoms in total. The Bertz CT molecular complexity index is 802. The molecule has 0 amide bonds. The fourth-order valence-corrected chi connectivity index (χ4v) is 4.51. The second-order valence-electron chi connectivity index (χ2n) is 6.07. The van der Waals surface area contributed by atoms with Crippen molar-refractivity contribution in [1.82, 2.24) is 0 Å². The van der Waals surface area contributed by atoms with Gasteiger partial charge >= 0.3 is 0 Å². The molecule has 23 heavy (non-hydrogen) atoms. The van der Waals surface area contributed by atoms with Crippen molar-refractivity contribution < 1.29 is 8.42 Å². The lowest BCUT2D eigenvalue weighted by molar-refractivity contribution is 0.599. The lowest BCUT2D eigenvalue weighted by atomic mass is 10.1. The highest BCUT2D eigenvalue weighted by Gasteiger charge is 2.28. The van der Waals surface area contributed by atoms with Crippen molar-refractivity contribution in [3.63, 3.8) is 0 Å². The van der Waals surface area contributed by atoms with E-state index in [0.717, 1.165) is 11.4 Å². The van der Waals surface area contributed by atoms with E-state index in [1.807, 2.05) is 24.3 Å². The smallest absolute Gasteiger partial charge is 0.235 e. The topological polar surface area (TPSA) is 49.4 Å². The van der Waals surface area contributed by atoms with Gasteiger partial charge in [0.15, 0.2) is 0 Å². The van der Waals surface area contributed by atoms with E-state index in [1.165, 1.54) is 15.4 Å². The van der Waals surface area contributed by atoms with Crippen LogP contribution in [0.1, 0.15) is 30.5 Å². The molecule has 0 radical (unpaired) electrons. The summed E-state index contributed by atoms with van der Waals surface area (Å²) in [5.41, 5.74) is 4.11. The molecule has 0 aromatic heterocycles. The van der Waals surface area contributed by atoms with E-state index in [9.17, 15) is 8.42 Å². The molecule has 0 bridgehead atoms. The summed E-state index contributed by atoms with van der Waals surface area (Å²) in [6.45, 7) is 4.75. The molecule has 1 fully saturated rings. The van der Waals surface area contributed by atoms with E-state index in [2.05, 4.69) is 43.4 Å². The minimum Gasteiger partial charge on any atom is -0.378 e. The Kier molecular flexibility index (Phi) is 4.31. The number of rotatable bonds is 4. The molecule has 0 spiro atoms. The Labute approximate surface area is 138 Å². The molecule has 2 aromatic carbocycles. The van der Waals surface area contributed by atoms with Crippen molar-refractivity contribution in [3.05, 3.63) is 59.7 Å². The van der Waals surface area contributed by atoms with Gasteiger partial charge in [0, 0.05) is 18.3 Å². The first-order valence-corrected chi connectivity index (χ1v) is 9.50. The van der Waals surface area contributed by atoms with E-state index >= 15 is 0 Å². The highest BCUT2D eigenvalue weighted by Crippen LogP contribution is 2.28. The first kappa shape index (κ1) is 15.9. The minimum atomic E-state index is -3.14. The van der Waals surface area contributed by atoms with Gasteiger partial charge in [0.1, 0.15) is 0 Å². The first-order chi connectivity index (χ1) is 11.0. The van der Waals surface area contributed by atoms with Gasteiger partial charge in [-0.2, -0.15) is 0 Å². The SMILES string of the molecule is Cc1cccc(C(C)Nc2cccc(N3CCCS3(=O)=O)c2)c1. The van der Waals surface area contributed by atoms with Crippen molar-refractivity contribution in [1.29, 1.82) is 0 Å². The van der Waals surface area contributed by atoms with Gasteiger partial charge in [-0.15, -0.1) is 0 Å². The Morgan fingerprint density at radius 1 is 1.13 bits per heavy atom. The van der Waals surface area contributed by atoms with Crippen LogP contribution in [-0.2, 0) is 10.0 Å². The third-order valence-corrected chi connectivity index (χ3v) is 6.03. The molecule has 2 aromatic rings. The predicted octanol–water partition coefficient (Wildman–Crippen LogP) is 3.71. The molecule has 1 saturated heterocycles. The van der Waals surface area contributed by atoms with Crippen LogP contribution in [0.5, 0.6) is 0 Å². The molecule has 122 valence electrons. The van der Waals surface area contributed by atoms with Gasteiger partial charge in [0.25, 0.3) is 0 Å². The fourth-order valence-electron chi connectivity index (χ4n) is 2.95. The standard InChI is InChI=1S/C18H22N2O2S/c1-14-6-3-7-16(12-14)15(2)19-17-8-4-9-18(13-17)20-10-5-11-23(20,21)22/h3-4,6-9,12-13,15,19H,5,10-11H2,1-2H3. The van der Waals surface area contributed by atoms with Crippen molar-refractivity contribution >= 4 is 21.4 Å². The van der Waals surface area contributed by atoms with Crippen LogP contribution >= 0.6 is 0 Å². The van der Waals surface area contributed by atoms with Gasteiger partial charge in [-0.3, -0.25) is 4.31 Å². The van der Waals surface area contributed by atoms with Crippen molar-refractivity contribution in [2.75, 3.05) is 21.9 Å². The van der Waals surface area contributed by atoms with Gasteiger partial charge in [0.2, 0.25) is 10.0 Å². The maximum Gasteiger partial charge on any atom is 0.235 e. The summed E-state index contributed by atoms with van der Waals surface area (Å²) in [6.07, 6.45) is 0.694. The Balaban J connectivity index is 1.80. The Hall–Kier alpha value is -2.01. The van der Waals surface area contributed by atoms with Crippen LogP contribution in [0.4, 0.5) is 11.4 Å². The molecular weight excluding hydrogens is 308 g/mol. The average Bonchev–Trinajstić information content (AvgIpc) is 2.87. The second kappa shape index (κ2) is 6.24. The molecule has 5 heteroatoms.